The number of likely N-dealkylation sites (N-methyl/N-ethyl adjacent to an activating group) is 1. The zero-order valence-electron chi connectivity index (χ0n) is 15.2. The standard InChI is InChI=1S/C19H19FN2O5S/c1-2-21(11-14-4-3-5-15(20)10-14)18(23)12-27-19(24)13-28-17-8-6-16(7-9-17)22(25)26/h3-10H,2,11-13H2,1H3. The van der Waals surface area contributed by atoms with Gasteiger partial charge in [-0.25, -0.2) is 4.39 Å². The molecule has 0 aromatic heterocycles. The molecule has 0 aliphatic rings. The van der Waals surface area contributed by atoms with Crippen molar-refractivity contribution in [3.63, 3.8) is 0 Å². The van der Waals surface area contributed by atoms with E-state index in [1.807, 2.05) is 0 Å². The fourth-order valence-corrected chi connectivity index (χ4v) is 3.01. The molecule has 0 atom stereocenters. The maximum absolute atomic E-state index is 13.3. The first-order chi connectivity index (χ1) is 13.4. The predicted molar refractivity (Wildman–Crippen MR) is 102 cm³/mol. The Labute approximate surface area is 165 Å². The van der Waals surface area contributed by atoms with Gasteiger partial charge in [0.05, 0.1) is 10.7 Å². The Hall–Kier alpha value is -2.94. The summed E-state index contributed by atoms with van der Waals surface area (Å²) in [6.45, 7) is 2.00. The summed E-state index contributed by atoms with van der Waals surface area (Å²) < 4.78 is 18.3. The van der Waals surface area contributed by atoms with E-state index >= 15 is 0 Å². The minimum Gasteiger partial charge on any atom is -0.455 e. The van der Waals surface area contributed by atoms with Gasteiger partial charge in [-0.1, -0.05) is 12.1 Å². The Morgan fingerprint density at radius 3 is 2.54 bits per heavy atom. The topological polar surface area (TPSA) is 89.8 Å². The number of ether oxygens (including phenoxy) is 1. The highest BCUT2D eigenvalue weighted by molar-refractivity contribution is 8.00. The number of nitrogens with zero attached hydrogens (tertiary/aromatic N) is 2. The lowest BCUT2D eigenvalue weighted by atomic mass is 10.2. The molecule has 0 saturated carbocycles. The van der Waals surface area contributed by atoms with Crippen LogP contribution in [-0.2, 0) is 20.9 Å². The van der Waals surface area contributed by atoms with Crippen molar-refractivity contribution in [3.05, 3.63) is 70.0 Å². The maximum atomic E-state index is 13.3. The highest BCUT2D eigenvalue weighted by Crippen LogP contribution is 2.21. The average molecular weight is 406 g/mol. The first-order valence-corrected chi connectivity index (χ1v) is 9.42. The van der Waals surface area contributed by atoms with Crippen LogP contribution in [0, 0.1) is 15.9 Å². The lowest BCUT2D eigenvalue weighted by Gasteiger charge is -2.20. The number of carbonyl (C=O) groups is 2. The van der Waals surface area contributed by atoms with Crippen molar-refractivity contribution in [2.45, 2.75) is 18.4 Å². The van der Waals surface area contributed by atoms with Gasteiger partial charge in [0.15, 0.2) is 6.61 Å². The molecule has 0 fully saturated rings. The van der Waals surface area contributed by atoms with Crippen LogP contribution in [0.15, 0.2) is 53.4 Å². The number of amides is 1. The third-order valence-corrected chi connectivity index (χ3v) is 4.74. The van der Waals surface area contributed by atoms with Crippen LogP contribution in [0.2, 0.25) is 0 Å². The Kier molecular flexibility index (Phi) is 7.94. The SMILES string of the molecule is CCN(Cc1cccc(F)c1)C(=O)COC(=O)CSc1ccc([N+](=O)[O-])cc1. The molecule has 2 rings (SSSR count). The van der Waals surface area contributed by atoms with Crippen molar-refractivity contribution < 1.29 is 23.6 Å². The number of carbonyl (C=O) groups excluding carboxylic acids is 2. The Balaban J connectivity index is 1.78. The second-order valence-electron chi connectivity index (χ2n) is 5.74. The van der Waals surface area contributed by atoms with Gasteiger partial charge < -0.3 is 9.64 Å². The third kappa shape index (κ3) is 6.66. The van der Waals surface area contributed by atoms with Crippen LogP contribution < -0.4 is 0 Å². The molecular formula is C19H19FN2O5S. The molecular weight excluding hydrogens is 387 g/mol. The molecule has 0 unspecified atom stereocenters. The summed E-state index contributed by atoms with van der Waals surface area (Å²) in [7, 11) is 0. The van der Waals surface area contributed by atoms with Gasteiger partial charge in [0.2, 0.25) is 0 Å². The highest BCUT2D eigenvalue weighted by Gasteiger charge is 2.15. The van der Waals surface area contributed by atoms with Gasteiger partial charge in [-0.15, -0.1) is 11.8 Å². The van der Waals surface area contributed by atoms with E-state index in [-0.39, 0.29) is 29.7 Å². The molecule has 9 heteroatoms. The molecule has 0 bridgehead atoms. The molecule has 2 aromatic carbocycles. The molecule has 0 spiro atoms. The summed E-state index contributed by atoms with van der Waals surface area (Å²) in [5.74, 6) is -1.35. The van der Waals surface area contributed by atoms with Crippen molar-refractivity contribution in [2.75, 3.05) is 18.9 Å². The molecule has 148 valence electrons. The fourth-order valence-electron chi connectivity index (χ4n) is 2.31. The lowest BCUT2D eigenvalue weighted by molar-refractivity contribution is -0.384. The minimum absolute atomic E-state index is 0.0267. The zero-order valence-corrected chi connectivity index (χ0v) is 16.0. The van der Waals surface area contributed by atoms with Crippen molar-refractivity contribution in [1.29, 1.82) is 0 Å². The summed E-state index contributed by atoms with van der Waals surface area (Å²) in [6, 6.07) is 11.7. The molecule has 2 aromatic rings. The van der Waals surface area contributed by atoms with Crippen LogP contribution in [0.25, 0.3) is 0 Å². The van der Waals surface area contributed by atoms with Crippen LogP contribution >= 0.6 is 11.8 Å². The van der Waals surface area contributed by atoms with E-state index in [1.54, 1.807) is 31.2 Å². The number of hydrogen-bond acceptors (Lipinski definition) is 6. The van der Waals surface area contributed by atoms with Crippen molar-refractivity contribution in [2.24, 2.45) is 0 Å². The van der Waals surface area contributed by atoms with Gasteiger partial charge in [-0.05, 0) is 36.8 Å². The van der Waals surface area contributed by atoms with E-state index in [1.165, 1.54) is 29.2 Å². The van der Waals surface area contributed by atoms with Crippen LogP contribution in [0.5, 0.6) is 0 Å². The van der Waals surface area contributed by atoms with E-state index in [9.17, 15) is 24.1 Å². The largest absolute Gasteiger partial charge is 0.455 e. The summed E-state index contributed by atoms with van der Waals surface area (Å²) >= 11 is 1.16. The average Bonchev–Trinajstić information content (AvgIpc) is 2.69. The quantitative estimate of drug-likeness (QED) is 0.274. The second-order valence-corrected chi connectivity index (χ2v) is 6.79. The number of non-ortho nitro benzene ring substituents is 1. The van der Waals surface area contributed by atoms with E-state index in [4.69, 9.17) is 4.74 Å². The van der Waals surface area contributed by atoms with Gasteiger partial charge in [0.1, 0.15) is 5.82 Å². The van der Waals surface area contributed by atoms with Crippen LogP contribution in [0.1, 0.15) is 12.5 Å². The molecule has 0 aliphatic carbocycles. The zero-order chi connectivity index (χ0) is 20.5. The van der Waals surface area contributed by atoms with Gasteiger partial charge in [-0.2, -0.15) is 0 Å². The highest BCUT2D eigenvalue weighted by atomic mass is 32.2. The molecule has 0 radical (unpaired) electrons. The predicted octanol–water partition coefficient (Wildman–Crippen LogP) is 3.42. The minimum atomic E-state index is -0.571. The molecule has 0 N–H and O–H groups in total. The van der Waals surface area contributed by atoms with Crippen molar-refractivity contribution in [1.82, 2.24) is 4.90 Å². The van der Waals surface area contributed by atoms with E-state index < -0.39 is 17.5 Å². The number of hydrogen-bond donors (Lipinski definition) is 0. The first-order valence-electron chi connectivity index (χ1n) is 8.44. The molecule has 1 amide bonds. The molecule has 0 heterocycles. The van der Waals surface area contributed by atoms with Crippen molar-refractivity contribution in [3.8, 4) is 0 Å². The van der Waals surface area contributed by atoms with Gasteiger partial charge in [0, 0.05) is 30.1 Å². The van der Waals surface area contributed by atoms with Crippen LogP contribution in [0.4, 0.5) is 10.1 Å². The number of rotatable bonds is 9. The summed E-state index contributed by atoms with van der Waals surface area (Å²) in [4.78, 5) is 36.3. The number of nitro benzene ring substituents is 1. The molecule has 0 aliphatic heterocycles. The Bertz CT molecular complexity index is 844. The number of benzene rings is 2. The fraction of sp³-hybridized carbons (Fsp3) is 0.263. The third-order valence-electron chi connectivity index (χ3n) is 3.76. The number of nitro groups is 1. The second kappa shape index (κ2) is 10.4. The molecule has 0 saturated heterocycles. The smallest absolute Gasteiger partial charge is 0.316 e. The first kappa shape index (κ1) is 21.4. The summed E-state index contributed by atoms with van der Waals surface area (Å²) in [5, 5.41) is 10.6. The van der Waals surface area contributed by atoms with E-state index in [2.05, 4.69) is 0 Å². The van der Waals surface area contributed by atoms with E-state index in [0.29, 0.717) is 17.0 Å². The summed E-state index contributed by atoms with van der Waals surface area (Å²) in [5.41, 5.74) is 0.616. The Morgan fingerprint density at radius 1 is 1.21 bits per heavy atom. The normalized spacial score (nSPS) is 10.4. The number of halogens is 1. The number of thioether (sulfide) groups is 1. The Morgan fingerprint density at radius 2 is 1.93 bits per heavy atom. The lowest BCUT2D eigenvalue weighted by Crippen LogP contribution is -2.34. The monoisotopic (exact) mass is 406 g/mol. The van der Waals surface area contributed by atoms with Gasteiger partial charge in [-0.3, -0.25) is 19.7 Å². The maximum Gasteiger partial charge on any atom is 0.316 e. The molecule has 7 nitrogen and oxygen atoms in total. The van der Waals surface area contributed by atoms with Gasteiger partial charge >= 0.3 is 5.97 Å². The number of esters is 1. The van der Waals surface area contributed by atoms with Crippen LogP contribution in [0.3, 0.4) is 0 Å². The van der Waals surface area contributed by atoms with Crippen molar-refractivity contribution >= 4 is 29.3 Å². The summed E-state index contributed by atoms with van der Waals surface area (Å²) in [6.07, 6.45) is 0. The van der Waals surface area contributed by atoms with Gasteiger partial charge in [0.25, 0.3) is 11.6 Å². The van der Waals surface area contributed by atoms with E-state index in [0.717, 1.165) is 11.8 Å². The van der Waals surface area contributed by atoms with Crippen LogP contribution in [-0.4, -0.2) is 40.6 Å². The molecule has 28 heavy (non-hydrogen) atoms.